The first-order valence-electron chi connectivity index (χ1n) is 6.11. The van der Waals surface area contributed by atoms with E-state index in [9.17, 15) is 18.3 Å². The van der Waals surface area contributed by atoms with Crippen LogP contribution in [0.25, 0.3) is 0 Å². The molecule has 1 aromatic rings. The van der Waals surface area contributed by atoms with E-state index in [2.05, 4.69) is 25.5 Å². The van der Waals surface area contributed by atoms with E-state index in [0.717, 1.165) is 6.42 Å². The summed E-state index contributed by atoms with van der Waals surface area (Å²) in [6, 6.07) is 5.33. The fourth-order valence-electron chi connectivity index (χ4n) is 1.63. The third kappa shape index (κ3) is 6.47. The first-order valence-corrected chi connectivity index (χ1v) is 6.11. The van der Waals surface area contributed by atoms with E-state index in [1.54, 1.807) is 0 Å². The molecule has 0 saturated carbocycles. The Morgan fingerprint density at radius 3 is 2.05 bits per heavy atom. The normalized spacial score (nSPS) is 14.3. The number of ether oxygens (including phenoxy) is 1. The fraction of sp³-hybridized carbons (Fsp3) is 0.571. The van der Waals surface area contributed by atoms with Gasteiger partial charge in [-0.2, -0.15) is 0 Å². The van der Waals surface area contributed by atoms with Crippen LogP contribution < -0.4 is 4.74 Å². The molecule has 0 fully saturated rings. The maximum atomic E-state index is 12.0. The van der Waals surface area contributed by atoms with E-state index in [4.69, 9.17) is 0 Å². The van der Waals surface area contributed by atoms with Crippen molar-refractivity contribution >= 4 is 0 Å². The van der Waals surface area contributed by atoms with Gasteiger partial charge in [0.1, 0.15) is 5.75 Å². The van der Waals surface area contributed by atoms with Gasteiger partial charge in [0.15, 0.2) is 0 Å². The predicted molar refractivity (Wildman–Crippen MR) is 66.8 cm³/mol. The highest BCUT2D eigenvalue weighted by molar-refractivity contribution is 5.28. The van der Waals surface area contributed by atoms with Gasteiger partial charge < -0.3 is 9.84 Å². The van der Waals surface area contributed by atoms with Crippen molar-refractivity contribution in [2.75, 3.05) is 0 Å². The zero-order valence-electron chi connectivity index (χ0n) is 11.3. The van der Waals surface area contributed by atoms with Crippen molar-refractivity contribution < 1.29 is 23.0 Å². The maximum Gasteiger partial charge on any atom is 0.573 e. The van der Waals surface area contributed by atoms with Crippen LogP contribution in [0.2, 0.25) is 0 Å². The van der Waals surface area contributed by atoms with Gasteiger partial charge in [-0.15, -0.1) is 13.2 Å². The molecule has 0 aliphatic carbocycles. The SMILES string of the molecule is CC(C)(C)CCC(O)c1ccc(OC(F)(F)F)cc1. The monoisotopic (exact) mass is 276 g/mol. The molecule has 0 spiro atoms. The lowest BCUT2D eigenvalue weighted by molar-refractivity contribution is -0.274. The number of aliphatic hydroxyl groups excluding tert-OH is 1. The van der Waals surface area contributed by atoms with Crippen molar-refractivity contribution in [2.24, 2.45) is 5.41 Å². The van der Waals surface area contributed by atoms with E-state index in [1.807, 2.05) is 0 Å². The lowest BCUT2D eigenvalue weighted by Gasteiger charge is -2.20. The average Bonchev–Trinajstić information content (AvgIpc) is 2.23. The standard InChI is InChI=1S/C14H19F3O2/c1-13(2,3)9-8-12(18)10-4-6-11(7-5-10)19-14(15,16)17/h4-7,12,18H,8-9H2,1-3H3. The number of halogens is 3. The zero-order chi connectivity index (χ0) is 14.7. The number of alkyl halides is 3. The van der Waals surface area contributed by atoms with Crippen LogP contribution in [0.4, 0.5) is 13.2 Å². The fourth-order valence-corrected chi connectivity index (χ4v) is 1.63. The molecule has 0 aliphatic rings. The quantitative estimate of drug-likeness (QED) is 0.880. The third-order valence-electron chi connectivity index (χ3n) is 2.67. The molecule has 0 aliphatic heterocycles. The van der Waals surface area contributed by atoms with Crippen molar-refractivity contribution in [3.63, 3.8) is 0 Å². The largest absolute Gasteiger partial charge is 0.573 e. The number of aliphatic hydroxyl groups is 1. The molecular formula is C14H19F3O2. The molecule has 1 N–H and O–H groups in total. The van der Waals surface area contributed by atoms with Crippen molar-refractivity contribution in [3.05, 3.63) is 29.8 Å². The number of hydrogen-bond donors (Lipinski definition) is 1. The summed E-state index contributed by atoms with van der Waals surface area (Å²) in [7, 11) is 0. The van der Waals surface area contributed by atoms with Crippen molar-refractivity contribution in [1.29, 1.82) is 0 Å². The predicted octanol–water partition coefficient (Wildman–Crippen LogP) is 4.44. The van der Waals surface area contributed by atoms with Gasteiger partial charge in [-0.05, 0) is 36.0 Å². The summed E-state index contributed by atoms with van der Waals surface area (Å²) in [4.78, 5) is 0. The topological polar surface area (TPSA) is 29.5 Å². The van der Waals surface area contributed by atoms with Crippen LogP contribution in [-0.2, 0) is 0 Å². The molecule has 1 aromatic carbocycles. The Bertz CT molecular complexity index is 391. The molecule has 0 amide bonds. The van der Waals surface area contributed by atoms with Crippen LogP contribution in [0, 0.1) is 5.41 Å². The average molecular weight is 276 g/mol. The molecule has 0 heterocycles. The second kappa shape index (κ2) is 5.82. The van der Waals surface area contributed by atoms with Gasteiger partial charge in [0.05, 0.1) is 6.10 Å². The van der Waals surface area contributed by atoms with Crippen LogP contribution in [0.15, 0.2) is 24.3 Å². The summed E-state index contributed by atoms with van der Waals surface area (Å²) in [5.41, 5.74) is 0.708. The Morgan fingerprint density at radius 2 is 1.63 bits per heavy atom. The Morgan fingerprint density at radius 1 is 1.11 bits per heavy atom. The second-order valence-electron chi connectivity index (χ2n) is 5.73. The zero-order valence-corrected chi connectivity index (χ0v) is 11.3. The van der Waals surface area contributed by atoms with Gasteiger partial charge in [-0.1, -0.05) is 32.9 Å². The second-order valence-corrected chi connectivity index (χ2v) is 5.73. The number of benzene rings is 1. The van der Waals surface area contributed by atoms with Gasteiger partial charge in [-0.3, -0.25) is 0 Å². The van der Waals surface area contributed by atoms with Gasteiger partial charge in [0.25, 0.3) is 0 Å². The van der Waals surface area contributed by atoms with Gasteiger partial charge in [0.2, 0.25) is 0 Å². The van der Waals surface area contributed by atoms with E-state index in [-0.39, 0.29) is 11.2 Å². The summed E-state index contributed by atoms with van der Waals surface area (Å²) in [5.74, 6) is -0.278. The Labute approximate surface area is 111 Å². The molecule has 1 rings (SSSR count). The van der Waals surface area contributed by atoms with Crippen LogP contribution in [0.3, 0.4) is 0 Å². The Hall–Kier alpha value is -1.23. The molecule has 0 saturated heterocycles. The van der Waals surface area contributed by atoms with Gasteiger partial charge in [-0.25, -0.2) is 0 Å². The number of hydrogen-bond acceptors (Lipinski definition) is 2. The molecule has 0 radical (unpaired) electrons. The molecule has 1 atom stereocenters. The first kappa shape index (κ1) is 15.8. The van der Waals surface area contributed by atoms with Gasteiger partial charge in [0, 0.05) is 0 Å². The highest BCUT2D eigenvalue weighted by Gasteiger charge is 2.31. The minimum absolute atomic E-state index is 0.111. The summed E-state index contributed by atoms with van der Waals surface area (Å²) in [5, 5.41) is 9.94. The van der Waals surface area contributed by atoms with Crippen molar-refractivity contribution in [3.8, 4) is 5.75 Å². The van der Waals surface area contributed by atoms with E-state index in [1.165, 1.54) is 24.3 Å². The number of rotatable bonds is 4. The smallest absolute Gasteiger partial charge is 0.406 e. The van der Waals surface area contributed by atoms with Crippen LogP contribution in [0.5, 0.6) is 5.75 Å². The highest BCUT2D eigenvalue weighted by atomic mass is 19.4. The molecular weight excluding hydrogens is 257 g/mol. The van der Waals surface area contributed by atoms with E-state index < -0.39 is 12.5 Å². The molecule has 0 bridgehead atoms. The molecule has 0 aromatic heterocycles. The Balaban J connectivity index is 2.60. The molecule has 5 heteroatoms. The van der Waals surface area contributed by atoms with E-state index in [0.29, 0.717) is 12.0 Å². The third-order valence-corrected chi connectivity index (χ3v) is 2.67. The molecule has 19 heavy (non-hydrogen) atoms. The lowest BCUT2D eigenvalue weighted by Crippen LogP contribution is -2.17. The molecule has 2 nitrogen and oxygen atoms in total. The van der Waals surface area contributed by atoms with Crippen molar-refractivity contribution in [1.82, 2.24) is 0 Å². The van der Waals surface area contributed by atoms with Crippen LogP contribution in [0.1, 0.15) is 45.3 Å². The van der Waals surface area contributed by atoms with Crippen molar-refractivity contribution in [2.45, 2.75) is 46.1 Å². The first-order chi connectivity index (χ1) is 8.57. The van der Waals surface area contributed by atoms with Crippen LogP contribution >= 0.6 is 0 Å². The summed E-state index contributed by atoms with van der Waals surface area (Å²) < 4.78 is 39.7. The Kier molecular flexibility index (Phi) is 4.85. The minimum Gasteiger partial charge on any atom is -0.406 e. The maximum absolute atomic E-state index is 12.0. The summed E-state index contributed by atoms with van der Waals surface area (Å²) in [6.45, 7) is 6.21. The summed E-state index contributed by atoms with van der Waals surface area (Å²) in [6.07, 6.45) is -3.95. The van der Waals surface area contributed by atoms with Gasteiger partial charge >= 0.3 is 6.36 Å². The highest BCUT2D eigenvalue weighted by Crippen LogP contribution is 2.29. The molecule has 1 unspecified atom stereocenters. The minimum atomic E-state index is -4.69. The van der Waals surface area contributed by atoms with Crippen LogP contribution in [-0.4, -0.2) is 11.5 Å². The lowest BCUT2D eigenvalue weighted by atomic mass is 9.88. The summed E-state index contributed by atoms with van der Waals surface area (Å²) >= 11 is 0. The van der Waals surface area contributed by atoms with E-state index >= 15 is 0 Å². The molecule has 108 valence electrons.